The van der Waals surface area contributed by atoms with Crippen molar-refractivity contribution in [3.63, 3.8) is 0 Å². The molecule has 176 valence electrons. The van der Waals surface area contributed by atoms with Gasteiger partial charge in [0.25, 0.3) is 0 Å². The molecule has 0 aliphatic carbocycles. The van der Waals surface area contributed by atoms with Crippen LogP contribution in [0.25, 0.3) is 39.6 Å². The molecule has 0 atom stereocenters. The van der Waals surface area contributed by atoms with E-state index in [1.165, 1.54) is 0 Å². The summed E-state index contributed by atoms with van der Waals surface area (Å²) < 4.78 is 8.45. The Balaban J connectivity index is 1.43. The van der Waals surface area contributed by atoms with E-state index in [-0.39, 0.29) is 0 Å². The van der Waals surface area contributed by atoms with Crippen LogP contribution < -0.4 is 4.74 Å². The lowest BCUT2D eigenvalue weighted by molar-refractivity contribution is 0.484. The Morgan fingerprint density at radius 2 is 1.64 bits per heavy atom. The van der Waals surface area contributed by atoms with Gasteiger partial charge in [-0.1, -0.05) is 24.3 Å². The average Bonchev–Trinajstić information content (AvgIpc) is 3.66. The first-order valence-electron chi connectivity index (χ1n) is 11.1. The van der Waals surface area contributed by atoms with Crippen LogP contribution >= 0.6 is 25.3 Å². The fraction of sp³-hybridized carbons (Fsp3) is 0. The molecule has 0 amide bonds. The molecule has 0 fully saturated rings. The summed E-state index contributed by atoms with van der Waals surface area (Å²) in [6.45, 7) is 0. The summed E-state index contributed by atoms with van der Waals surface area (Å²) in [5, 5.41) is 0. The van der Waals surface area contributed by atoms with Gasteiger partial charge in [-0.3, -0.25) is 4.57 Å². The van der Waals surface area contributed by atoms with Crippen molar-refractivity contribution in [3.8, 4) is 51.1 Å². The molecule has 2 N–H and O–H groups in total. The summed E-state index contributed by atoms with van der Waals surface area (Å²) in [4.78, 5) is 21.3. The van der Waals surface area contributed by atoms with Gasteiger partial charge in [0.1, 0.15) is 17.8 Å². The number of para-hydroxylation sites is 1. The molecule has 0 saturated heterocycles. The van der Waals surface area contributed by atoms with Crippen LogP contribution in [0.5, 0.6) is 11.5 Å². The minimum Gasteiger partial charge on any atom is -0.456 e. The van der Waals surface area contributed by atoms with Crippen molar-refractivity contribution >= 4 is 25.3 Å². The number of nitrogens with one attached hydrogen (secondary N) is 2. The van der Waals surface area contributed by atoms with Crippen molar-refractivity contribution in [3.05, 3.63) is 98.1 Å². The van der Waals surface area contributed by atoms with Gasteiger partial charge in [-0.15, -0.1) is 25.3 Å². The Bertz CT molecular complexity index is 1650. The van der Waals surface area contributed by atoms with Crippen LogP contribution in [-0.4, -0.2) is 29.5 Å². The number of H-pyrrole nitrogens is 2. The molecule has 3 aromatic carbocycles. The highest BCUT2D eigenvalue weighted by molar-refractivity contribution is 7.80. The van der Waals surface area contributed by atoms with Crippen molar-refractivity contribution in [1.82, 2.24) is 29.5 Å². The summed E-state index contributed by atoms with van der Waals surface area (Å²) >= 11 is 9.01. The maximum atomic E-state index is 6.49. The molecule has 36 heavy (non-hydrogen) atoms. The number of aromatic amines is 2. The molecule has 6 aromatic rings. The van der Waals surface area contributed by atoms with Crippen LogP contribution in [0.2, 0.25) is 0 Å². The van der Waals surface area contributed by atoms with Crippen molar-refractivity contribution in [2.45, 2.75) is 9.79 Å². The standard InChI is InChI=1S/C27H20N6OS2/c35-18-5-3-4-17(10-18)23-13-29-16-33(23)27-26(31-15-32-27)21-6-1-2-7-24(21)34-25-11-19(36)8-9-20(25)22-12-28-14-30-22/h1-16,35-36H,(H,28,30)(H,31,32). The first kappa shape index (κ1) is 22.3. The molecular weight excluding hydrogens is 488 g/mol. The molecule has 0 bridgehead atoms. The Hall–Kier alpha value is -4.21. The normalized spacial score (nSPS) is 11.1. The monoisotopic (exact) mass is 508 g/mol. The highest BCUT2D eigenvalue weighted by Gasteiger charge is 2.19. The van der Waals surface area contributed by atoms with Gasteiger partial charge < -0.3 is 14.7 Å². The largest absolute Gasteiger partial charge is 0.456 e. The molecule has 0 unspecified atom stereocenters. The lowest BCUT2D eigenvalue weighted by atomic mass is 10.1. The van der Waals surface area contributed by atoms with E-state index >= 15 is 0 Å². The van der Waals surface area contributed by atoms with Gasteiger partial charge >= 0.3 is 0 Å². The SMILES string of the molecule is Sc1cccc(-c2cncn2-c2nc[nH]c2-c2ccccc2Oc2cc(S)ccc2-c2cnc[nH]2)c1. The van der Waals surface area contributed by atoms with Gasteiger partial charge in [0, 0.05) is 26.5 Å². The molecule has 0 spiro atoms. The second-order valence-electron chi connectivity index (χ2n) is 8.04. The predicted octanol–water partition coefficient (Wildman–Crippen LogP) is 6.69. The zero-order valence-corrected chi connectivity index (χ0v) is 20.6. The van der Waals surface area contributed by atoms with Crippen LogP contribution in [0.3, 0.4) is 0 Å². The Morgan fingerprint density at radius 3 is 2.50 bits per heavy atom. The number of hydrogen-bond donors (Lipinski definition) is 4. The van der Waals surface area contributed by atoms with Crippen LogP contribution in [0.15, 0.2) is 108 Å². The van der Waals surface area contributed by atoms with E-state index in [1.807, 2.05) is 77.5 Å². The maximum absolute atomic E-state index is 6.49. The summed E-state index contributed by atoms with van der Waals surface area (Å²) in [7, 11) is 0. The second kappa shape index (κ2) is 9.44. The van der Waals surface area contributed by atoms with Crippen molar-refractivity contribution in [1.29, 1.82) is 0 Å². The van der Waals surface area contributed by atoms with E-state index in [1.54, 1.807) is 25.2 Å². The van der Waals surface area contributed by atoms with Gasteiger partial charge in [0.05, 0.1) is 42.1 Å². The third-order valence-corrected chi connectivity index (χ3v) is 6.31. The summed E-state index contributed by atoms with van der Waals surface area (Å²) in [5.41, 5.74) is 5.29. The molecule has 9 heteroatoms. The molecular formula is C27H20N6OS2. The van der Waals surface area contributed by atoms with E-state index < -0.39 is 0 Å². The molecule has 6 rings (SSSR count). The number of benzene rings is 3. The number of aromatic nitrogens is 6. The van der Waals surface area contributed by atoms with Crippen LogP contribution in [-0.2, 0) is 0 Å². The molecule has 0 aliphatic heterocycles. The van der Waals surface area contributed by atoms with E-state index in [0.29, 0.717) is 17.3 Å². The third kappa shape index (κ3) is 4.19. The topological polar surface area (TPSA) is 84.4 Å². The molecule has 7 nitrogen and oxygen atoms in total. The van der Waals surface area contributed by atoms with Gasteiger partial charge in [-0.05, 0) is 42.5 Å². The predicted molar refractivity (Wildman–Crippen MR) is 145 cm³/mol. The molecule has 0 radical (unpaired) electrons. The number of hydrogen-bond acceptors (Lipinski definition) is 6. The number of nitrogens with zero attached hydrogens (tertiary/aromatic N) is 4. The molecule has 3 heterocycles. The maximum Gasteiger partial charge on any atom is 0.164 e. The molecule has 0 saturated carbocycles. The van der Waals surface area contributed by atoms with Crippen LogP contribution in [0, 0.1) is 0 Å². The Kier molecular flexibility index (Phi) is 5.84. The summed E-state index contributed by atoms with van der Waals surface area (Å²) in [6.07, 6.45) is 8.65. The minimum atomic E-state index is 0.661. The molecule has 0 aliphatic rings. The molecule has 3 aromatic heterocycles. The van der Waals surface area contributed by atoms with Gasteiger partial charge in [0.15, 0.2) is 5.82 Å². The zero-order chi connectivity index (χ0) is 24.5. The number of ether oxygens (including phenoxy) is 1. The van der Waals surface area contributed by atoms with Gasteiger partial charge in [-0.2, -0.15) is 0 Å². The number of thiol groups is 2. The van der Waals surface area contributed by atoms with Crippen molar-refractivity contribution in [2.75, 3.05) is 0 Å². The fourth-order valence-corrected chi connectivity index (χ4v) is 4.53. The van der Waals surface area contributed by atoms with Gasteiger partial charge in [-0.25, -0.2) is 15.0 Å². The lowest BCUT2D eigenvalue weighted by Crippen LogP contribution is -1.99. The third-order valence-electron chi connectivity index (χ3n) is 5.76. The van der Waals surface area contributed by atoms with Crippen LogP contribution in [0.1, 0.15) is 0 Å². The fourth-order valence-electron chi connectivity index (χ4n) is 4.11. The zero-order valence-electron chi connectivity index (χ0n) is 18.8. The van der Waals surface area contributed by atoms with Gasteiger partial charge in [0.2, 0.25) is 0 Å². The lowest BCUT2D eigenvalue weighted by Gasteiger charge is -2.15. The first-order chi connectivity index (χ1) is 17.7. The minimum absolute atomic E-state index is 0.661. The second-order valence-corrected chi connectivity index (χ2v) is 9.08. The van der Waals surface area contributed by atoms with Crippen LogP contribution in [0.4, 0.5) is 0 Å². The van der Waals surface area contributed by atoms with E-state index in [2.05, 4.69) is 50.2 Å². The summed E-state index contributed by atoms with van der Waals surface area (Å²) in [5.74, 6) is 2.04. The van der Waals surface area contributed by atoms with Crippen molar-refractivity contribution in [2.24, 2.45) is 0 Å². The first-order valence-corrected chi connectivity index (χ1v) is 12.0. The average molecular weight is 509 g/mol. The highest BCUT2D eigenvalue weighted by atomic mass is 32.1. The smallest absolute Gasteiger partial charge is 0.164 e. The Morgan fingerprint density at radius 1 is 0.750 bits per heavy atom. The summed E-state index contributed by atoms with van der Waals surface area (Å²) in [6, 6.07) is 21.6. The van der Waals surface area contributed by atoms with Crippen molar-refractivity contribution < 1.29 is 4.74 Å². The van der Waals surface area contributed by atoms with E-state index in [4.69, 9.17) is 4.74 Å². The Labute approximate surface area is 218 Å². The quantitative estimate of drug-likeness (QED) is 0.189. The van der Waals surface area contributed by atoms with E-state index in [0.717, 1.165) is 43.6 Å². The highest BCUT2D eigenvalue weighted by Crippen LogP contribution is 2.39. The number of rotatable bonds is 6. The van der Waals surface area contributed by atoms with E-state index in [9.17, 15) is 0 Å². The number of imidazole rings is 3.